The number of hydrogen-bond acceptors (Lipinski definition) is 3. The molecule has 0 atom stereocenters. The number of para-hydroxylation sites is 2. The zero-order chi connectivity index (χ0) is 11.5. The van der Waals surface area contributed by atoms with Gasteiger partial charge in [-0.2, -0.15) is 0 Å². The largest absolute Gasteiger partial charge is 0.484 e. The van der Waals surface area contributed by atoms with Gasteiger partial charge in [-0.25, -0.2) is 4.98 Å². The van der Waals surface area contributed by atoms with Crippen molar-refractivity contribution >= 4 is 11.0 Å². The molecule has 3 rings (SSSR count). The van der Waals surface area contributed by atoms with Crippen LogP contribution in [0.3, 0.4) is 0 Å². The molecule has 0 aliphatic heterocycles. The molecular formula is C13H11N3O. The van der Waals surface area contributed by atoms with Crippen LogP contribution in [0.2, 0.25) is 0 Å². The molecule has 1 aromatic carbocycles. The molecule has 4 nitrogen and oxygen atoms in total. The molecule has 0 spiro atoms. The lowest BCUT2D eigenvalue weighted by Gasteiger charge is -2.01. The Morgan fingerprint density at radius 2 is 2.06 bits per heavy atom. The quantitative estimate of drug-likeness (QED) is 0.745. The van der Waals surface area contributed by atoms with Crippen molar-refractivity contribution in [1.82, 2.24) is 15.0 Å². The molecule has 84 valence electrons. The number of aromatic nitrogens is 3. The Kier molecular flexibility index (Phi) is 2.46. The molecule has 0 aliphatic rings. The topological polar surface area (TPSA) is 50.8 Å². The predicted octanol–water partition coefficient (Wildman–Crippen LogP) is 2.54. The van der Waals surface area contributed by atoms with Gasteiger partial charge < -0.3 is 9.72 Å². The maximum absolute atomic E-state index is 5.57. The maximum atomic E-state index is 5.57. The minimum Gasteiger partial charge on any atom is -0.484 e. The van der Waals surface area contributed by atoms with Gasteiger partial charge in [0.1, 0.15) is 18.2 Å². The summed E-state index contributed by atoms with van der Waals surface area (Å²) in [6.45, 7) is 0.417. The fourth-order valence-electron chi connectivity index (χ4n) is 1.66. The van der Waals surface area contributed by atoms with Crippen molar-refractivity contribution in [2.75, 3.05) is 0 Å². The summed E-state index contributed by atoms with van der Waals surface area (Å²) in [5.74, 6) is 1.56. The number of nitrogens with zero attached hydrogens (tertiary/aromatic N) is 2. The summed E-state index contributed by atoms with van der Waals surface area (Å²) in [5, 5.41) is 0. The van der Waals surface area contributed by atoms with E-state index in [2.05, 4.69) is 15.0 Å². The average Bonchev–Trinajstić information content (AvgIpc) is 2.80. The Morgan fingerprint density at radius 3 is 2.88 bits per heavy atom. The lowest BCUT2D eigenvalue weighted by molar-refractivity contribution is 0.296. The van der Waals surface area contributed by atoms with E-state index in [0.29, 0.717) is 6.61 Å². The van der Waals surface area contributed by atoms with Gasteiger partial charge in [-0.3, -0.25) is 4.98 Å². The van der Waals surface area contributed by atoms with Gasteiger partial charge in [0.15, 0.2) is 0 Å². The maximum Gasteiger partial charge on any atom is 0.146 e. The van der Waals surface area contributed by atoms with Gasteiger partial charge in [0.2, 0.25) is 0 Å². The van der Waals surface area contributed by atoms with Crippen LogP contribution in [0.25, 0.3) is 11.0 Å². The van der Waals surface area contributed by atoms with Crippen molar-refractivity contribution in [3.05, 3.63) is 54.6 Å². The molecular weight excluding hydrogens is 214 g/mol. The molecule has 4 heteroatoms. The SMILES string of the molecule is c1cncc(OCc2nc3ccccc3[nH]2)c1. The van der Waals surface area contributed by atoms with Gasteiger partial charge in [-0.1, -0.05) is 12.1 Å². The predicted molar refractivity (Wildman–Crippen MR) is 64.7 cm³/mol. The molecule has 0 amide bonds. The normalized spacial score (nSPS) is 10.6. The van der Waals surface area contributed by atoms with Crippen LogP contribution in [0, 0.1) is 0 Å². The first-order chi connectivity index (χ1) is 8.42. The molecule has 3 aromatic rings. The fourth-order valence-corrected chi connectivity index (χ4v) is 1.66. The van der Waals surface area contributed by atoms with Crippen LogP contribution in [0.1, 0.15) is 5.82 Å². The van der Waals surface area contributed by atoms with Gasteiger partial charge >= 0.3 is 0 Å². The number of pyridine rings is 1. The lowest BCUT2D eigenvalue weighted by Crippen LogP contribution is -1.97. The van der Waals surface area contributed by atoms with E-state index in [1.807, 2.05) is 36.4 Å². The minimum atomic E-state index is 0.417. The number of fused-ring (bicyclic) bond motifs is 1. The van der Waals surface area contributed by atoms with Crippen molar-refractivity contribution in [1.29, 1.82) is 0 Å². The second kappa shape index (κ2) is 4.25. The Morgan fingerprint density at radius 1 is 1.12 bits per heavy atom. The first-order valence-corrected chi connectivity index (χ1v) is 5.38. The highest BCUT2D eigenvalue weighted by atomic mass is 16.5. The Hall–Kier alpha value is -2.36. The van der Waals surface area contributed by atoms with Gasteiger partial charge in [0, 0.05) is 6.20 Å². The number of nitrogens with one attached hydrogen (secondary N) is 1. The first kappa shape index (κ1) is 9.84. The Labute approximate surface area is 98.3 Å². The standard InChI is InChI=1S/C13H11N3O/c1-2-6-12-11(5-1)15-13(16-12)9-17-10-4-3-7-14-8-10/h1-8H,9H2,(H,15,16). The van der Waals surface area contributed by atoms with Gasteiger partial charge in [0.05, 0.1) is 17.2 Å². The van der Waals surface area contributed by atoms with E-state index in [1.54, 1.807) is 12.4 Å². The van der Waals surface area contributed by atoms with E-state index in [-0.39, 0.29) is 0 Å². The van der Waals surface area contributed by atoms with E-state index in [0.717, 1.165) is 22.6 Å². The molecule has 2 aromatic heterocycles. The highest BCUT2D eigenvalue weighted by Gasteiger charge is 2.02. The molecule has 2 heterocycles. The number of imidazole rings is 1. The van der Waals surface area contributed by atoms with Crippen LogP contribution >= 0.6 is 0 Å². The van der Waals surface area contributed by atoms with Gasteiger partial charge in [0.25, 0.3) is 0 Å². The highest BCUT2D eigenvalue weighted by molar-refractivity contribution is 5.74. The molecule has 0 radical (unpaired) electrons. The van der Waals surface area contributed by atoms with E-state index >= 15 is 0 Å². The molecule has 0 bridgehead atoms. The Balaban J connectivity index is 1.77. The van der Waals surface area contributed by atoms with E-state index in [1.165, 1.54) is 0 Å². The number of H-pyrrole nitrogens is 1. The van der Waals surface area contributed by atoms with Gasteiger partial charge in [-0.15, -0.1) is 0 Å². The fraction of sp³-hybridized carbons (Fsp3) is 0.0769. The Bertz CT molecular complexity index is 586. The third-order valence-corrected chi connectivity index (χ3v) is 2.45. The van der Waals surface area contributed by atoms with Crippen LogP contribution in [0.4, 0.5) is 0 Å². The molecule has 0 aliphatic carbocycles. The summed E-state index contributed by atoms with van der Waals surface area (Å²) in [6, 6.07) is 11.6. The van der Waals surface area contributed by atoms with Crippen LogP contribution in [0.15, 0.2) is 48.8 Å². The summed E-state index contributed by atoms with van der Waals surface area (Å²) >= 11 is 0. The minimum absolute atomic E-state index is 0.417. The lowest BCUT2D eigenvalue weighted by atomic mass is 10.3. The van der Waals surface area contributed by atoms with Crippen LogP contribution < -0.4 is 4.74 Å². The average molecular weight is 225 g/mol. The van der Waals surface area contributed by atoms with E-state index in [4.69, 9.17) is 4.74 Å². The van der Waals surface area contributed by atoms with Crippen molar-refractivity contribution in [2.45, 2.75) is 6.61 Å². The second-order valence-corrected chi connectivity index (χ2v) is 3.68. The zero-order valence-electron chi connectivity index (χ0n) is 9.13. The third kappa shape index (κ3) is 2.10. The summed E-state index contributed by atoms with van der Waals surface area (Å²) in [6.07, 6.45) is 3.40. The van der Waals surface area contributed by atoms with Crippen LogP contribution in [0.5, 0.6) is 5.75 Å². The smallest absolute Gasteiger partial charge is 0.146 e. The van der Waals surface area contributed by atoms with Crippen molar-refractivity contribution in [2.24, 2.45) is 0 Å². The highest BCUT2D eigenvalue weighted by Crippen LogP contribution is 2.13. The number of aromatic amines is 1. The molecule has 0 unspecified atom stereocenters. The molecule has 0 fully saturated rings. The number of benzene rings is 1. The summed E-state index contributed by atoms with van der Waals surface area (Å²) < 4.78 is 5.57. The molecule has 0 saturated heterocycles. The summed E-state index contributed by atoms with van der Waals surface area (Å²) in [5.41, 5.74) is 1.98. The molecule has 1 N–H and O–H groups in total. The number of rotatable bonds is 3. The summed E-state index contributed by atoms with van der Waals surface area (Å²) in [4.78, 5) is 11.6. The monoisotopic (exact) mass is 225 g/mol. The number of hydrogen-bond donors (Lipinski definition) is 1. The molecule has 17 heavy (non-hydrogen) atoms. The van der Waals surface area contributed by atoms with Crippen LogP contribution in [-0.4, -0.2) is 15.0 Å². The number of ether oxygens (including phenoxy) is 1. The first-order valence-electron chi connectivity index (χ1n) is 5.38. The third-order valence-electron chi connectivity index (χ3n) is 2.45. The zero-order valence-corrected chi connectivity index (χ0v) is 9.13. The van der Waals surface area contributed by atoms with E-state index < -0.39 is 0 Å². The van der Waals surface area contributed by atoms with E-state index in [9.17, 15) is 0 Å². The second-order valence-electron chi connectivity index (χ2n) is 3.68. The van der Waals surface area contributed by atoms with Crippen LogP contribution in [-0.2, 0) is 6.61 Å². The molecule has 0 saturated carbocycles. The van der Waals surface area contributed by atoms with Gasteiger partial charge in [-0.05, 0) is 24.3 Å². The van der Waals surface area contributed by atoms with Crippen molar-refractivity contribution in [3.63, 3.8) is 0 Å². The summed E-state index contributed by atoms with van der Waals surface area (Å²) in [7, 11) is 0. The van der Waals surface area contributed by atoms with Crippen molar-refractivity contribution in [3.8, 4) is 5.75 Å². The van der Waals surface area contributed by atoms with Crippen molar-refractivity contribution < 1.29 is 4.74 Å².